The van der Waals surface area contributed by atoms with Gasteiger partial charge in [0, 0.05) is 0 Å². The summed E-state index contributed by atoms with van der Waals surface area (Å²) in [5.41, 5.74) is 1.48. The van der Waals surface area contributed by atoms with Gasteiger partial charge in [-0.1, -0.05) is 0 Å². The molecule has 0 spiro atoms. The Morgan fingerprint density at radius 3 is 2.65 bits per heavy atom. The van der Waals surface area contributed by atoms with Gasteiger partial charge in [0.25, 0.3) is 5.22 Å². The summed E-state index contributed by atoms with van der Waals surface area (Å²) in [4.78, 5) is 19.1. The highest BCUT2D eigenvalue weighted by Crippen LogP contribution is 2.25. The number of nitrogens with zero attached hydrogens (tertiary/aromatic N) is 2. The average Bonchev–Trinajstić information content (AvgIpc) is 2.63. The fourth-order valence-corrected chi connectivity index (χ4v) is 2.07. The second-order valence-electron chi connectivity index (χ2n) is 3.44. The summed E-state index contributed by atoms with van der Waals surface area (Å²) in [5.74, 6) is -0.974. The van der Waals surface area contributed by atoms with Crippen LogP contribution in [0.15, 0.2) is 33.1 Å². The molecule has 0 amide bonds. The van der Waals surface area contributed by atoms with Crippen LogP contribution >= 0.6 is 11.8 Å². The first-order chi connectivity index (χ1) is 8.06. The van der Waals surface area contributed by atoms with Crippen molar-refractivity contribution in [1.29, 1.82) is 0 Å². The number of hydrogen-bond acceptors (Lipinski definition) is 5. The maximum absolute atomic E-state index is 10.8. The van der Waals surface area contributed by atoms with Crippen LogP contribution in [-0.2, 0) is 0 Å². The van der Waals surface area contributed by atoms with Crippen molar-refractivity contribution in [3.8, 4) is 0 Å². The summed E-state index contributed by atoms with van der Waals surface area (Å²) in [6.07, 6.45) is 1.56. The molecule has 0 bridgehead atoms. The van der Waals surface area contributed by atoms with Crippen LogP contribution in [0.5, 0.6) is 0 Å². The van der Waals surface area contributed by atoms with Crippen LogP contribution in [0.25, 0.3) is 0 Å². The number of aromatic carboxylic acids is 1. The molecule has 0 radical (unpaired) electrons. The fraction of sp³-hybridized carbons (Fsp3) is 0.182. The van der Waals surface area contributed by atoms with Gasteiger partial charge in [-0.05, 0) is 37.7 Å². The summed E-state index contributed by atoms with van der Waals surface area (Å²) in [7, 11) is 0. The Balaban J connectivity index is 2.23. The van der Waals surface area contributed by atoms with Crippen LogP contribution in [-0.4, -0.2) is 21.0 Å². The quantitative estimate of drug-likeness (QED) is 0.902. The van der Waals surface area contributed by atoms with Gasteiger partial charge >= 0.3 is 5.97 Å². The van der Waals surface area contributed by atoms with E-state index in [1.165, 1.54) is 17.8 Å². The summed E-state index contributed by atoms with van der Waals surface area (Å²) in [5, 5.41) is 10.0. The van der Waals surface area contributed by atoms with E-state index in [1.54, 1.807) is 19.3 Å². The van der Waals surface area contributed by atoms with Gasteiger partial charge in [-0.2, -0.15) is 0 Å². The third kappa shape index (κ3) is 2.65. The standard InChI is InChI=1S/C11H10N2O3S/c1-6-5-16-11(12-6)17-9-4-3-8(10(14)15)7(2)13-9/h3-5H,1-2H3,(H,14,15). The number of carbonyl (C=O) groups is 1. The van der Waals surface area contributed by atoms with Gasteiger partial charge in [0.05, 0.1) is 17.0 Å². The van der Waals surface area contributed by atoms with E-state index < -0.39 is 5.97 Å². The Labute approximate surface area is 102 Å². The molecule has 0 aromatic carbocycles. The molecule has 0 aliphatic rings. The second-order valence-corrected chi connectivity index (χ2v) is 4.42. The van der Waals surface area contributed by atoms with Crippen LogP contribution in [0.2, 0.25) is 0 Å². The van der Waals surface area contributed by atoms with E-state index in [0.717, 1.165) is 5.69 Å². The Kier molecular flexibility index (Phi) is 3.14. The Hall–Kier alpha value is -1.82. The van der Waals surface area contributed by atoms with Crippen molar-refractivity contribution in [3.63, 3.8) is 0 Å². The molecule has 17 heavy (non-hydrogen) atoms. The zero-order valence-corrected chi connectivity index (χ0v) is 10.1. The van der Waals surface area contributed by atoms with E-state index in [1.807, 2.05) is 6.92 Å². The van der Waals surface area contributed by atoms with Crippen molar-refractivity contribution in [3.05, 3.63) is 35.3 Å². The first-order valence-corrected chi connectivity index (χ1v) is 5.69. The van der Waals surface area contributed by atoms with Crippen molar-refractivity contribution < 1.29 is 14.3 Å². The number of carboxylic acids is 1. The minimum atomic E-state index is -0.974. The van der Waals surface area contributed by atoms with E-state index in [2.05, 4.69) is 9.97 Å². The van der Waals surface area contributed by atoms with Crippen molar-refractivity contribution >= 4 is 17.7 Å². The summed E-state index contributed by atoms with van der Waals surface area (Å²) in [6.45, 7) is 3.49. The van der Waals surface area contributed by atoms with Gasteiger partial charge in [0.1, 0.15) is 11.3 Å². The zero-order valence-electron chi connectivity index (χ0n) is 9.30. The maximum Gasteiger partial charge on any atom is 0.337 e. The third-order valence-electron chi connectivity index (χ3n) is 2.08. The van der Waals surface area contributed by atoms with Crippen LogP contribution in [0, 0.1) is 13.8 Å². The lowest BCUT2D eigenvalue weighted by atomic mass is 10.2. The molecule has 2 aromatic heterocycles. The minimum Gasteiger partial charge on any atom is -0.478 e. The molecule has 0 saturated carbocycles. The summed E-state index contributed by atoms with van der Waals surface area (Å²) >= 11 is 1.26. The SMILES string of the molecule is Cc1coc(Sc2ccc(C(=O)O)c(C)n2)n1. The van der Waals surface area contributed by atoms with Crippen molar-refractivity contribution in [2.45, 2.75) is 24.1 Å². The highest BCUT2D eigenvalue weighted by molar-refractivity contribution is 7.99. The molecule has 0 saturated heterocycles. The lowest BCUT2D eigenvalue weighted by Gasteiger charge is -2.01. The number of carboxylic acid groups (broad SMARTS) is 1. The molecule has 0 atom stereocenters. The lowest BCUT2D eigenvalue weighted by molar-refractivity contribution is 0.0695. The van der Waals surface area contributed by atoms with Crippen LogP contribution in [0.1, 0.15) is 21.7 Å². The van der Waals surface area contributed by atoms with E-state index in [4.69, 9.17) is 9.52 Å². The van der Waals surface area contributed by atoms with E-state index in [-0.39, 0.29) is 5.56 Å². The third-order valence-corrected chi connectivity index (χ3v) is 2.88. The van der Waals surface area contributed by atoms with Crippen LogP contribution in [0.4, 0.5) is 0 Å². The number of aromatic nitrogens is 2. The van der Waals surface area contributed by atoms with Crippen molar-refractivity contribution in [2.24, 2.45) is 0 Å². The molecule has 2 aromatic rings. The largest absolute Gasteiger partial charge is 0.478 e. The van der Waals surface area contributed by atoms with E-state index in [0.29, 0.717) is 15.9 Å². The van der Waals surface area contributed by atoms with Gasteiger partial charge in [0.15, 0.2) is 0 Å². The van der Waals surface area contributed by atoms with E-state index >= 15 is 0 Å². The zero-order chi connectivity index (χ0) is 12.4. The topological polar surface area (TPSA) is 76.2 Å². The molecule has 1 N–H and O–H groups in total. The van der Waals surface area contributed by atoms with E-state index in [9.17, 15) is 4.79 Å². The molecule has 6 heteroatoms. The van der Waals surface area contributed by atoms with Crippen LogP contribution in [0.3, 0.4) is 0 Å². The Bertz CT molecular complexity index is 566. The molecular weight excluding hydrogens is 240 g/mol. The fourth-order valence-electron chi connectivity index (χ4n) is 1.29. The van der Waals surface area contributed by atoms with Crippen molar-refractivity contribution in [1.82, 2.24) is 9.97 Å². The number of oxazole rings is 1. The number of hydrogen-bond donors (Lipinski definition) is 1. The normalized spacial score (nSPS) is 10.5. The first-order valence-electron chi connectivity index (χ1n) is 4.87. The molecule has 5 nitrogen and oxygen atoms in total. The van der Waals surface area contributed by atoms with Gasteiger partial charge in [-0.25, -0.2) is 14.8 Å². The summed E-state index contributed by atoms with van der Waals surface area (Å²) < 4.78 is 5.18. The van der Waals surface area contributed by atoms with Crippen LogP contribution < -0.4 is 0 Å². The molecule has 2 heterocycles. The molecule has 0 aliphatic heterocycles. The molecular formula is C11H10N2O3S. The first kappa shape index (κ1) is 11.7. The smallest absolute Gasteiger partial charge is 0.337 e. The van der Waals surface area contributed by atoms with Gasteiger partial charge in [0.2, 0.25) is 0 Å². The lowest BCUT2D eigenvalue weighted by Crippen LogP contribution is -2.01. The molecule has 0 aliphatic carbocycles. The maximum atomic E-state index is 10.8. The number of rotatable bonds is 3. The molecule has 0 unspecified atom stereocenters. The minimum absolute atomic E-state index is 0.206. The monoisotopic (exact) mass is 250 g/mol. The highest BCUT2D eigenvalue weighted by atomic mass is 32.2. The second kappa shape index (κ2) is 4.58. The predicted octanol–water partition coefficient (Wildman–Crippen LogP) is 2.54. The average molecular weight is 250 g/mol. The highest BCUT2D eigenvalue weighted by Gasteiger charge is 2.10. The van der Waals surface area contributed by atoms with Crippen molar-refractivity contribution in [2.75, 3.05) is 0 Å². The Morgan fingerprint density at radius 2 is 2.12 bits per heavy atom. The number of pyridine rings is 1. The van der Waals surface area contributed by atoms with Gasteiger partial charge in [-0.15, -0.1) is 0 Å². The number of aryl methyl sites for hydroxylation is 2. The summed E-state index contributed by atoms with van der Waals surface area (Å²) in [6, 6.07) is 3.17. The molecule has 88 valence electrons. The molecule has 2 rings (SSSR count). The Morgan fingerprint density at radius 1 is 1.35 bits per heavy atom. The molecule has 0 fully saturated rings. The predicted molar refractivity (Wildman–Crippen MR) is 61.3 cm³/mol. The van der Waals surface area contributed by atoms with Gasteiger partial charge in [-0.3, -0.25) is 0 Å². The van der Waals surface area contributed by atoms with Gasteiger partial charge < -0.3 is 9.52 Å².